The number of ketones is 1. The van der Waals surface area contributed by atoms with E-state index in [2.05, 4.69) is 10.2 Å². The molecule has 3 aromatic rings. The molecule has 8 heteroatoms. The largest absolute Gasteiger partial charge is 0.473 e. The number of carbonyl (C=O) groups excluding carboxylic acids is 1. The molecule has 4 rings (SSSR count). The smallest absolute Gasteiger partial charge is 0.243 e. The number of piperidine rings is 1. The standard InChI is InChI=1S/C21H21N3O4S/c1-15(25)16-6-8-19(9-7-16)29(26,27)24-12-10-18(11-13-24)28-21-20-5-3-2-4-17(20)14-22-23-21/h2-9,14,18H,10-13H2,1H3. The number of hydrogen-bond donors (Lipinski definition) is 0. The Kier molecular flexibility index (Phi) is 5.29. The summed E-state index contributed by atoms with van der Waals surface area (Å²) >= 11 is 0. The Morgan fingerprint density at radius 1 is 1.07 bits per heavy atom. The van der Waals surface area contributed by atoms with Crippen LogP contribution in [-0.2, 0) is 10.0 Å². The van der Waals surface area contributed by atoms with Crippen LogP contribution in [0.3, 0.4) is 0 Å². The normalized spacial score (nSPS) is 16.0. The van der Waals surface area contributed by atoms with Crippen LogP contribution in [0, 0.1) is 0 Å². The van der Waals surface area contributed by atoms with Gasteiger partial charge in [-0.05, 0) is 38.0 Å². The van der Waals surface area contributed by atoms with Crippen LogP contribution in [0.2, 0.25) is 0 Å². The number of benzene rings is 2. The predicted molar refractivity (Wildman–Crippen MR) is 108 cm³/mol. The molecule has 29 heavy (non-hydrogen) atoms. The van der Waals surface area contributed by atoms with E-state index < -0.39 is 10.0 Å². The molecule has 1 saturated heterocycles. The SMILES string of the molecule is CC(=O)c1ccc(S(=O)(=O)N2CCC(Oc3nncc4ccccc34)CC2)cc1. The molecule has 150 valence electrons. The van der Waals surface area contributed by atoms with Gasteiger partial charge in [-0.3, -0.25) is 4.79 Å². The van der Waals surface area contributed by atoms with Gasteiger partial charge in [-0.15, -0.1) is 5.10 Å². The summed E-state index contributed by atoms with van der Waals surface area (Å²) < 4.78 is 33.3. The molecule has 0 aliphatic carbocycles. The third kappa shape index (κ3) is 3.99. The van der Waals surface area contributed by atoms with Gasteiger partial charge in [-0.1, -0.05) is 30.3 Å². The van der Waals surface area contributed by atoms with Gasteiger partial charge in [0.25, 0.3) is 0 Å². The number of fused-ring (bicyclic) bond motifs is 1. The predicted octanol–water partition coefficient (Wildman–Crippen LogP) is 3.06. The molecule has 0 bridgehead atoms. The number of ether oxygens (including phenoxy) is 1. The van der Waals surface area contributed by atoms with E-state index in [1.165, 1.54) is 23.4 Å². The highest BCUT2D eigenvalue weighted by molar-refractivity contribution is 7.89. The third-order valence-corrected chi connectivity index (χ3v) is 7.03. The summed E-state index contributed by atoms with van der Waals surface area (Å²) in [6.07, 6.45) is 2.70. The molecule has 7 nitrogen and oxygen atoms in total. The highest BCUT2D eigenvalue weighted by atomic mass is 32.2. The van der Waals surface area contributed by atoms with Crippen molar-refractivity contribution < 1.29 is 17.9 Å². The van der Waals surface area contributed by atoms with E-state index in [1.807, 2.05) is 24.3 Å². The van der Waals surface area contributed by atoms with Gasteiger partial charge in [-0.2, -0.15) is 9.40 Å². The number of nitrogens with zero attached hydrogens (tertiary/aromatic N) is 3. The molecule has 1 fully saturated rings. The van der Waals surface area contributed by atoms with Crippen LogP contribution in [-0.4, -0.2) is 47.9 Å². The molecule has 2 heterocycles. The van der Waals surface area contributed by atoms with Gasteiger partial charge < -0.3 is 4.74 Å². The van der Waals surface area contributed by atoms with Crippen molar-refractivity contribution in [3.63, 3.8) is 0 Å². The van der Waals surface area contributed by atoms with E-state index in [0.717, 1.165) is 10.8 Å². The summed E-state index contributed by atoms with van der Waals surface area (Å²) in [5, 5.41) is 9.94. The van der Waals surface area contributed by atoms with Gasteiger partial charge in [0, 0.05) is 29.4 Å². The maximum Gasteiger partial charge on any atom is 0.243 e. The molecule has 1 aliphatic heterocycles. The van der Waals surface area contributed by atoms with Crippen LogP contribution in [0.5, 0.6) is 5.88 Å². The van der Waals surface area contributed by atoms with Crippen LogP contribution in [0.4, 0.5) is 0 Å². The molecule has 0 saturated carbocycles. The quantitative estimate of drug-likeness (QED) is 0.600. The van der Waals surface area contributed by atoms with Crippen molar-refractivity contribution >= 4 is 26.6 Å². The monoisotopic (exact) mass is 411 g/mol. The first-order valence-electron chi connectivity index (χ1n) is 9.43. The van der Waals surface area contributed by atoms with Gasteiger partial charge in [0.1, 0.15) is 6.10 Å². The number of Topliss-reactive ketones (excluding diaryl/α,β-unsaturated/α-hetero) is 1. The average molecular weight is 411 g/mol. The second-order valence-corrected chi connectivity index (χ2v) is 8.98. The zero-order chi connectivity index (χ0) is 20.4. The molecule has 1 aromatic heterocycles. The minimum atomic E-state index is -3.60. The van der Waals surface area contributed by atoms with E-state index >= 15 is 0 Å². The Morgan fingerprint density at radius 3 is 2.45 bits per heavy atom. The zero-order valence-electron chi connectivity index (χ0n) is 16.0. The van der Waals surface area contributed by atoms with Crippen LogP contribution in [0.15, 0.2) is 59.6 Å². The topological polar surface area (TPSA) is 89.5 Å². The molecule has 0 N–H and O–H groups in total. The van der Waals surface area contributed by atoms with Gasteiger partial charge in [0.2, 0.25) is 15.9 Å². The van der Waals surface area contributed by atoms with Crippen molar-refractivity contribution in [2.75, 3.05) is 13.1 Å². The summed E-state index contributed by atoms with van der Waals surface area (Å²) in [6, 6.07) is 13.8. The fourth-order valence-electron chi connectivity index (χ4n) is 3.45. The Balaban J connectivity index is 1.44. The molecule has 1 aliphatic rings. The van der Waals surface area contributed by atoms with Crippen molar-refractivity contribution in [2.45, 2.75) is 30.8 Å². The lowest BCUT2D eigenvalue weighted by Crippen LogP contribution is -2.41. The van der Waals surface area contributed by atoms with Gasteiger partial charge >= 0.3 is 0 Å². The first-order chi connectivity index (χ1) is 13.9. The Labute approximate surface area is 169 Å². The lowest BCUT2D eigenvalue weighted by Gasteiger charge is -2.31. The average Bonchev–Trinajstić information content (AvgIpc) is 2.74. The van der Waals surface area contributed by atoms with Crippen LogP contribution >= 0.6 is 0 Å². The minimum Gasteiger partial charge on any atom is -0.473 e. The maximum atomic E-state index is 12.9. The molecule has 0 spiro atoms. The van der Waals surface area contributed by atoms with Gasteiger partial charge in [0.15, 0.2) is 5.78 Å². The van der Waals surface area contributed by atoms with E-state index in [4.69, 9.17) is 4.74 Å². The molecule has 0 amide bonds. The molecule has 0 radical (unpaired) electrons. The number of carbonyl (C=O) groups is 1. The Hall–Kier alpha value is -2.84. The fraction of sp³-hybridized carbons (Fsp3) is 0.286. The second kappa shape index (κ2) is 7.88. The highest BCUT2D eigenvalue weighted by Gasteiger charge is 2.30. The van der Waals surface area contributed by atoms with Crippen molar-refractivity contribution in [2.24, 2.45) is 0 Å². The fourth-order valence-corrected chi connectivity index (χ4v) is 4.92. The van der Waals surface area contributed by atoms with E-state index in [-0.39, 0.29) is 16.8 Å². The number of sulfonamides is 1. The third-order valence-electron chi connectivity index (χ3n) is 5.11. The number of rotatable bonds is 5. The Bertz CT molecular complexity index is 1130. The van der Waals surface area contributed by atoms with Crippen molar-refractivity contribution in [1.82, 2.24) is 14.5 Å². The van der Waals surface area contributed by atoms with E-state index in [0.29, 0.717) is 37.4 Å². The van der Waals surface area contributed by atoms with Crippen molar-refractivity contribution in [3.05, 3.63) is 60.3 Å². The van der Waals surface area contributed by atoms with Crippen molar-refractivity contribution in [3.8, 4) is 5.88 Å². The molecule has 2 aromatic carbocycles. The van der Waals surface area contributed by atoms with Crippen molar-refractivity contribution in [1.29, 1.82) is 0 Å². The second-order valence-electron chi connectivity index (χ2n) is 7.04. The highest BCUT2D eigenvalue weighted by Crippen LogP contribution is 2.27. The molecule has 0 atom stereocenters. The molecule has 0 unspecified atom stereocenters. The van der Waals surface area contributed by atoms with Crippen LogP contribution in [0.25, 0.3) is 10.8 Å². The van der Waals surface area contributed by atoms with Gasteiger partial charge in [0.05, 0.1) is 11.1 Å². The summed E-state index contributed by atoms with van der Waals surface area (Å²) in [7, 11) is -3.60. The lowest BCUT2D eigenvalue weighted by atomic mass is 10.1. The molecular weight excluding hydrogens is 390 g/mol. The first kappa shape index (κ1) is 19.5. The molecular formula is C21H21N3O4S. The van der Waals surface area contributed by atoms with Crippen LogP contribution in [0.1, 0.15) is 30.1 Å². The lowest BCUT2D eigenvalue weighted by molar-refractivity contribution is 0.101. The van der Waals surface area contributed by atoms with Gasteiger partial charge in [-0.25, -0.2) is 8.42 Å². The summed E-state index contributed by atoms with van der Waals surface area (Å²) in [6.45, 7) is 2.17. The maximum absolute atomic E-state index is 12.9. The van der Waals surface area contributed by atoms with Crippen LogP contribution < -0.4 is 4.74 Å². The summed E-state index contributed by atoms with van der Waals surface area (Å²) in [5.74, 6) is 0.382. The summed E-state index contributed by atoms with van der Waals surface area (Å²) in [5.41, 5.74) is 0.493. The van der Waals surface area contributed by atoms with E-state index in [9.17, 15) is 13.2 Å². The minimum absolute atomic E-state index is 0.0940. The number of aromatic nitrogens is 2. The Morgan fingerprint density at radius 2 is 1.76 bits per heavy atom. The number of hydrogen-bond acceptors (Lipinski definition) is 6. The summed E-state index contributed by atoms with van der Waals surface area (Å²) in [4.78, 5) is 11.6. The van der Waals surface area contributed by atoms with E-state index in [1.54, 1.807) is 18.3 Å². The zero-order valence-corrected chi connectivity index (χ0v) is 16.8. The first-order valence-corrected chi connectivity index (χ1v) is 10.9.